The van der Waals surface area contributed by atoms with Crippen molar-refractivity contribution in [1.29, 1.82) is 0 Å². The Morgan fingerprint density at radius 3 is 2.94 bits per heavy atom. The van der Waals surface area contributed by atoms with Crippen molar-refractivity contribution in [3.8, 4) is 0 Å². The van der Waals surface area contributed by atoms with E-state index in [0.29, 0.717) is 12.2 Å². The first-order valence-electron chi connectivity index (χ1n) is 5.62. The first-order valence-corrected chi connectivity index (χ1v) is 5.62. The predicted molar refractivity (Wildman–Crippen MR) is 63.0 cm³/mol. The molecule has 0 fully saturated rings. The van der Waals surface area contributed by atoms with Gasteiger partial charge in [-0.2, -0.15) is 4.80 Å². The standard InChI is InChI=1S/C11H16N6/c1-3-8-7-13-5-4-9(8)10(12)6-11-14-16-17(2)15-11/h4-5,7,10H,3,6,12H2,1-2H3. The summed E-state index contributed by atoms with van der Waals surface area (Å²) in [4.78, 5) is 5.55. The molecule has 17 heavy (non-hydrogen) atoms. The van der Waals surface area contributed by atoms with Crippen molar-refractivity contribution in [2.45, 2.75) is 25.8 Å². The third kappa shape index (κ3) is 2.65. The lowest BCUT2D eigenvalue weighted by Gasteiger charge is -2.13. The highest BCUT2D eigenvalue weighted by Crippen LogP contribution is 2.18. The summed E-state index contributed by atoms with van der Waals surface area (Å²) in [6, 6.07) is 1.84. The molecule has 0 aliphatic carbocycles. The smallest absolute Gasteiger partial charge is 0.176 e. The van der Waals surface area contributed by atoms with Gasteiger partial charge in [-0.15, -0.1) is 10.2 Å². The van der Waals surface area contributed by atoms with Gasteiger partial charge >= 0.3 is 0 Å². The van der Waals surface area contributed by atoms with Crippen LogP contribution in [0.2, 0.25) is 0 Å². The lowest BCUT2D eigenvalue weighted by Crippen LogP contribution is -2.16. The zero-order valence-corrected chi connectivity index (χ0v) is 10.0. The Hall–Kier alpha value is -1.82. The molecule has 0 saturated heterocycles. The summed E-state index contributed by atoms with van der Waals surface area (Å²) in [5.41, 5.74) is 8.44. The number of nitrogens with two attached hydrogens (primary N) is 1. The Bertz CT molecular complexity index is 492. The van der Waals surface area contributed by atoms with E-state index >= 15 is 0 Å². The number of hydrogen-bond acceptors (Lipinski definition) is 5. The summed E-state index contributed by atoms with van der Waals surface area (Å²) in [5, 5.41) is 11.9. The highest BCUT2D eigenvalue weighted by Gasteiger charge is 2.13. The Kier molecular flexibility index (Phi) is 3.43. The second-order valence-corrected chi connectivity index (χ2v) is 3.93. The maximum Gasteiger partial charge on any atom is 0.176 e. The minimum Gasteiger partial charge on any atom is -0.324 e. The number of pyridine rings is 1. The van der Waals surface area contributed by atoms with E-state index in [2.05, 4.69) is 27.3 Å². The second-order valence-electron chi connectivity index (χ2n) is 3.93. The van der Waals surface area contributed by atoms with Gasteiger partial charge in [-0.05, 0) is 28.8 Å². The Morgan fingerprint density at radius 1 is 1.47 bits per heavy atom. The minimum absolute atomic E-state index is 0.114. The number of hydrogen-bond donors (Lipinski definition) is 1. The van der Waals surface area contributed by atoms with Crippen LogP contribution in [0.25, 0.3) is 0 Å². The first-order chi connectivity index (χ1) is 8.20. The van der Waals surface area contributed by atoms with Crippen LogP contribution in [0.1, 0.15) is 29.9 Å². The molecule has 1 unspecified atom stereocenters. The topological polar surface area (TPSA) is 82.5 Å². The van der Waals surface area contributed by atoms with Crippen LogP contribution in [-0.4, -0.2) is 25.2 Å². The van der Waals surface area contributed by atoms with E-state index in [4.69, 9.17) is 5.73 Å². The summed E-state index contributed by atoms with van der Waals surface area (Å²) >= 11 is 0. The molecule has 6 nitrogen and oxygen atoms in total. The normalized spacial score (nSPS) is 12.6. The van der Waals surface area contributed by atoms with E-state index in [-0.39, 0.29) is 6.04 Å². The molecule has 2 N–H and O–H groups in total. The summed E-state index contributed by atoms with van der Waals surface area (Å²) in [7, 11) is 1.74. The van der Waals surface area contributed by atoms with Gasteiger partial charge in [0.2, 0.25) is 0 Å². The van der Waals surface area contributed by atoms with Crippen molar-refractivity contribution >= 4 is 0 Å². The van der Waals surface area contributed by atoms with Crippen molar-refractivity contribution in [3.63, 3.8) is 0 Å². The predicted octanol–water partition coefficient (Wildman–Crippen LogP) is 0.410. The highest BCUT2D eigenvalue weighted by molar-refractivity contribution is 5.27. The van der Waals surface area contributed by atoms with E-state index in [9.17, 15) is 0 Å². The van der Waals surface area contributed by atoms with Crippen LogP contribution in [0, 0.1) is 0 Å². The van der Waals surface area contributed by atoms with Gasteiger partial charge < -0.3 is 5.73 Å². The number of rotatable bonds is 4. The molecule has 0 spiro atoms. The monoisotopic (exact) mass is 232 g/mol. The molecule has 90 valence electrons. The average molecular weight is 232 g/mol. The first kappa shape index (κ1) is 11.7. The fourth-order valence-electron chi connectivity index (χ4n) is 1.81. The van der Waals surface area contributed by atoms with Crippen LogP contribution in [0.4, 0.5) is 0 Å². The maximum atomic E-state index is 6.17. The maximum absolute atomic E-state index is 6.17. The third-order valence-electron chi connectivity index (χ3n) is 2.67. The van der Waals surface area contributed by atoms with Gasteiger partial charge in [0.05, 0.1) is 7.05 Å². The van der Waals surface area contributed by atoms with Crippen molar-refractivity contribution in [2.75, 3.05) is 0 Å². The Labute approximate surface area is 99.9 Å². The van der Waals surface area contributed by atoms with E-state index in [1.807, 2.05) is 12.3 Å². The van der Waals surface area contributed by atoms with Crippen molar-refractivity contribution in [3.05, 3.63) is 35.4 Å². The molecule has 0 amide bonds. The molecular weight excluding hydrogens is 216 g/mol. The summed E-state index contributed by atoms with van der Waals surface area (Å²) in [6.07, 6.45) is 5.13. The molecule has 0 aliphatic heterocycles. The Morgan fingerprint density at radius 2 is 2.29 bits per heavy atom. The molecule has 0 radical (unpaired) electrons. The summed E-state index contributed by atoms with van der Waals surface area (Å²) in [6.45, 7) is 2.09. The number of tetrazole rings is 1. The molecule has 0 aliphatic rings. The molecule has 2 aromatic rings. The quantitative estimate of drug-likeness (QED) is 0.825. The molecule has 0 aromatic carbocycles. The molecular formula is C11H16N6. The SMILES string of the molecule is CCc1cnccc1C(N)Cc1nnn(C)n1. The zero-order chi connectivity index (χ0) is 12.3. The lowest BCUT2D eigenvalue weighted by atomic mass is 9.99. The fraction of sp³-hybridized carbons (Fsp3) is 0.455. The highest BCUT2D eigenvalue weighted by atomic mass is 15.6. The molecule has 0 bridgehead atoms. The molecule has 1 atom stereocenters. The molecule has 0 saturated carbocycles. The van der Waals surface area contributed by atoms with Gasteiger partial charge in [0.1, 0.15) is 0 Å². The van der Waals surface area contributed by atoms with E-state index < -0.39 is 0 Å². The van der Waals surface area contributed by atoms with Crippen molar-refractivity contribution < 1.29 is 0 Å². The van der Waals surface area contributed by atoms with Gasteiger partial charge in [0.15, 0.2) is 5.82 Å². The van der Waals surface area contributed by atoms with Crippen molar-refractivity contribution in [1.82, 2.24) is 25.2 Å². The van der Waals surface area contributed by atoms with Gasteiger partial charge in [-0.3, -0.25) is 4.98 Å². The zero-order valence-electron chi connectivity index (χ0n) is 10.0. The fourth-order valence-corrected chi connectivity index (χ4v) is 1.81. The van der Waals surface area contributed by atoms with Crippen LogP contribution in [-0.2, 0) is 19.9 Å². The van der Waals surface area contributed by atoms with Gasteiger partial charge in [0.25, 0.3) is 0 Å². The van der Waals surface area contributed by atoms with E-state index in [0.717, 1.165) is 12.0 Å². The van der Waals surface area contributed by atoms with Crippen LogP contribution in [0.15, 0.2) is 18.5 Å². The van der Waals surface area contributed by atoms with Crippen LogP contribution in [0.5, 0.6) is 0 Å². The minimum atomic E-state index is -0.114. The van der Waals surface area contributed by atoms with Crippen LogP contribution >= 0.6 is 0 Å². The second kappa shape index (κ2) is 5.01. The lowest BCUT2D eigenvalue weighted by molar-refractivity contribution is 0.622. The van der Waals surface area contributed by atoms with E-state index in [1.54, 1.807) is 13.2 Å². The van der Waals surface area contributed by atoms with Crippen LogP contribution in [0.3, 0.4) is 0 Å². The van der Waals surface area contributed by atoms with Crippen molar-refractivity contribution in [2.24, 2.45) is 12.8 Å². The number of aromatic nitrogens is 5. The summed E-state index contributed by atoms with van der Waals surface area (Å²) in [5.74, 6) is 0.666. The third-order valence-corrected chi connectivity index (χ3v) is 2.67. The average Bonchev–Trinajstić information content (AvgIpc) is 2.74. The van der Waals surface area contributed by atoms with Gasteiger partial charge in [-0.25, -0.2) is 0 Å². The van der Waals surface area contributed by atoms with Gasteiger partial charge in [-0.1, -0.05) is 6.92 Å². The molecule has 2 rings (SSSR count). The van der Waals surface area contributed by atoms with E-state index in [1.165, 1.54) is 10.4 Å². The van der Waals surface area contributed by atoms with Crippen LogP contribution < -0.4 is 5.73 Å². The molecule has 6 heteroatoms. The molecule has 2 heterocycles. The number of aryl methyl sites for hydroxylation is 2. The summed E-state index contributed by atoms with van der Waals surface area (Å²) < 4.78 is 0. The Balaban J connectivity index is 2.16. The largest absolute Gasteiger partial charge is 0.324 e. The molecule has 2 aromatic heterocycles. The number of nitrogens with zero attached hydrogens (tertiary/aromatic N) is 5. The van der Waals surface area contributed by atoms with Gasteiger partial charge in [0, 0.05) is 24.9 Å².